The second-order valence-corrected chi connectivity index (χ2v) is 10.3. The van der Waals surface area contributed by atoms with Gasteiger partial charge in [0, 0.05) is 17.7 Å². The van der Waals surface area contributed by atoms with E-state index in [0.717, 1.165) is 24.3 Å². The third-order valence-electron chi connectivity index (χ3n) is 7.30. The van der Waals surface area contributed by atoms with Gasteiger partial charge in [0.1, 0.15) is 59.1 Å². The van der Waals surface area contributed by atoms with Crippen molar-refractivity contribution in [3.05, 3.63) is 40.6 Å². The number of aliphatic hydroxyl groups excluding tert-OH is 6. The van der Waals surface area contributed by atoms with Gasteiger partial charge in [-0.25, -0.2) is 0 Å². The van der Waals surface area contributed by atoms with E-state index in [1.165, 1.54) is 13.0 Å². The van der Waals surface area contributed by atoms with Crippen molar-refractivity contribution in [2.24, 2.45) is 0 Å². The van der Waals surface area contributed by atoms with E-state index in [4.69, 9.17) is 23.4 Å². The Hall–Kier alpha value is -3.71. The highest BCUT2D eigenvalue weighted by Gasteiger charge is 2.47. The number of rotatable bonds is 6. The Labute approximate surface area is 241 Å². The zero-order valence-corrected chi connectivity index (χ0v) is 22.3. The number of phenolic OH excluding ortho intramolecular Hbond substituents is 4. The van der Waals surface area contributed by atoms with Crippen LogP contribution in [-0.2, 0) is 14.2 Å². The van der Waals surface area contributed by atoms with Crippen molar-refractivity contribution < 1.29 is 74.4 Å². The van der Waals surface area contributed by atoms with E-state index in [2.05, 4.69) is 0 Å². The highest BCUT2D eigenvalue weighted by Crippen LogP contribution is 2.39. The van der Waals surface area contributed by atoms with E-state index in [9.17, 15) is 55.9 Å². The summed E-state index contributed by atoms with van der Waals surface area (Å²) < 4.78 is 27.7. The van der Waals surface area contributed by atoms with E-state index in [1.807, 2.05) is 0 Å². The second-order valence-electron chi connectivity index (χ2n) is 10.3. The molecule has 0 spiro atoms. The summed E-state index contributed by atoms with van der Waals surface area (Å²) in [4.78, 5) is 13.6. The summed E-state index contributed by atoms with van der Waals surface area (Å²) in [6.07, 6.45) is -16.1. The molecule has 0 unspecified atom stereocenters. The lowest BCUT2D eigenvalue weighted by molar-refractivity contribution is -0.320. The molecule has 0 radical (unpaired) electrons. The molecule has 2 saturated heterocycles. The number of hydrogen-bond acceptors (Lipinski definition) is 16. The summed E-state index contributed by atoms with van der Waals surface area (Å²) in [7, 11) is 0. The Kier molecular flexibility index (Phi) is 8.41. The van der Waals surface area contributed by atoms with Crippen molar-refractivity contribution in [2.45, 2.75) is 68.3 Å². The van der Waals surface area contributed by atoms with Gasteiger partial charge < -0.3 is 74.4 Å². The summed E-state index contributed by atoms with van der Waals surface area (Å²) in [5, 5.41) is 101. The molecular formula is C27H30O16. The third kappa shape index (κ3) is 5.67. The Morgan fingerprint density at radius 1 is 0.791 bits per heavy atom. The first-order valence-electron chi connectivity index (χ1n) is 13.0. The van der Waals surface area contributed by atoms with E-state index < -0.39 is 102 Å². The number of benzene rings is 2. The first-order chi connectivity index (χ1) is 20.3. The van der Waals surface area contributed by atoms with Gasteiger partial charge in [-0.05, 0) is 25.1 Å². The van der Waals surface area contributed by atoms with Crippen molar-refractivity contribution in [3.63, 3.8) is 0 Å². The van der Waals surface area contributed by atoms with Gasteiger partial charge in [-0.3, -0.25) is 4.79 Å². The minimum absolute atomic E-state index is 0.0216. The molecule has 2 fully saturated rings. The van der Waals surface area contributed by atoms with Crippen molar-refractivity contribution in [1.82, 2.24) is 0 Å². The standard InChI is InChI=1S/C27H30O16/c1-8-23(20(35)22(37)27(40-8)39-7-15-17(32)19(34)21(36)26(38)42-15)43-25-18(33)16-13(31)5-10(28)6-14(16)41-24(25)9-2-3-11(29)12(30)4-9/h2-6,8,15,17,19-23,26-32,34-38H,7H2,1H3/t8-,15+,17+,19-,20-,21+,22+,23-,26+,27+/m0/s1. The van der Waals surface area contributed by atoms with Crippen molar-refractivity contribution >= 4 is 11.0 Å². The average Bonchev–Trinajstić information content (AvgIpc) is 2.95. The fraction of sp³-hybridized carbons (Fsp3) is 0.444. The molecule has 3 heterocycles. The van der Waals surface area contributed by atoms with Gasteiger partial charge in [-0.15, -0.1) is 0 Å². The molecule has 10 atom stereocenters. The van der Waals surface area contributed by atoms with Crippen LogP contribution < -0.4 is 10.2 Å². The molecule has 16 heteroatoms. The minimum atomic E-state index is -1.83. The molecule has 43 heavy (non-hydrogen) atoms. The summed E-state index contributed by atoms with van der Waals surface area (Å²) in [6, 6.07) is 5.39. The quantitative estimate of drug-likeness (QED) is 0.140. The number of hydrogen-bond donors (Lipinski definition) is 10. The third-order valence-corrected chi connectivity index (χ3v) is 7.30. The van der Waals surface area contributed by atoms with Gasteiger partial charge in [0.2, 0.25) is 11.2 Å². The average molecular weight is 611 g/mol. The Bertz CT molecular complexity index is 1540. The zero-order chi connectivity index (χ0) is 31.3. The van der Waals surface area contributed by atoms with Gasteiger partial charge in [0.15, 0.2) is 35.9 Å². The van der Waals surface area contributed by atoms with Crippen molar-refractivity contribution in [1.29, 1.82) is 0 Å². The van der Waals surface area contributed by atoms with E-state index in [0.29, 0.717) is 0 Å². The lowest BCUT2D eigenvalue weighted by Gasteiger charge is -2.42. The fourth-order valence-corrected chi connectivity index (χ4v) is 4.93. The molecule has 0 amide bonds. The molecule has 5 rings (SSSR count). The number of aromatic hydroxyl groups is 4. The maximum atomic E-state index is 13.6. The fourth-order valence-electron chi connectivity index (χ4n) is 4.93. The highest BCUT2D eigenvalue weighted by molar-refractivity contribution is 5.88. The van der Waals surface area contributed by atoms with Gasteiger partial charge in [-0.1, -0.05) is 0 Å². The van der Waals surface area contributed by atoms with E-state index in [-0.39, 0.29) is 22.3 Å². The Balaban J connectivity index is 1.43. The Morgan fingerprint density at radius 3 is 2.21 bits per heavy atom. The molecule has 2 aliphatic heterocycles. The van der Waals surface area contributed by atoms with Crippen LogP contribution in [0.25, 0.3) is 22.3 Å². The monoisotopic (exact) mass is 610 g/mol. The Morgan fingerprint density at radius 2 is 1.51 bits per heavy atom. The van der Waals surface area contributed by atoms with Crippen LogP contribution in [0.15, 0.2) is 39.5 Å². The van der Waals surface area contributed by atoms with Crippen LogP contribution in [0.4, 0.5) is 0 Å². The van der Waals surface area contributed by atoms with Crippen molar-refractivity contribution in [3.8, 4) is 40.1 Å². The van der Waals surface area contributed by atoms with Gasteiger partial charge in [-0.2, -0.15) is 0 Å². The lowest BCUT2D eigenvalue weighted by Crippen LogP contribution is -2.61. The topological polar surface area (TPSA) is 269 Å². The van der Waals surface area contributed by atoms with Crippen LogP contribution in [0.5, 0.6) is 28.7 Å². The number of ether oxygens (including phenoxy) is 4. The smallest absolute Gasteiger partial charge is 0.239 e. The maximum absolute atomic E-state index is 13.6. The van der Waals surface area contributed by atoms with Crippen LogP contribution >= 0.6 is 0 Å². The number of fused-ring (bicyclic) bond motifs is 1. The molecule has 16 nitrogen and oxygen atoms in total. The molecule has 2 aliphatic rings. The van der Waals surface area contributed by atoms with E-state index in [1.54, 1.807) is 0 Å². The molecule has 3 aromatic rings. The molecular weight excluding hydrogens is 580 g/mol. The molecule has 234 valence electrons. The normalized spacial score (nSPS) is 33.0. The maximum Gasteiger partial charge on any atom is 0.239 e. The summed E-state index contributed by atoms with van der Waals surface area (Å²) in [5.74, 6) is -3.03. The van der Waals surface area contributed by atoms with E-state index >= 15 is 0 Å². The lowest BCUT2D eigenvalue weighted by atomic mass is 9.98. The summed E-state index contributed by atoms with van der Waals surface area (Å²) in [5.41, 5.74) is -1.18. The van der Waals surface area contributed by atoms with Crippen LogP contribution in [0.2, 0.25) is 0 Å². The molecule has 10 N–H and O–H groups in total. The largest absolute Gasteiger partial charge is 0.508 e. The van der Waals surface area contributed by atoms with Crippen LogP contribution in [0.1, 0.15) is 6.92 Å². The molecule has 2 aromatic carbocycles. The first-order valence-corrected chi connectivity index (χ1v) is 13.0. The molecule has 1 aromatic heterocycles. The minimum Gasteiger partial charge on any atom is -0.508 e. The van der Waals surface area contributed by atoms with Crippen LogP contribution in [0, 0.1) is 0 Å². The summed E-state index contributed by atoms with van der Waals surface area (Å²) in [6.45, 7) is 0.861. The summed E-state index contributed by atoms with van der Waals surface area (Å²) >= 11 is 0. The predicted molar refractivity (Wildman–Crippen MR) is 140 cm³/mol. The number of phenols is 4. The number of aliphatic hydroxyl groups is 6. The van der Waals surface area contributed by atoms with Crippen molar-refractivity contribution in [2.75, 3.05) is 6.61 Å². The molecule has 0 aliphatic carbocycles. The van der Waals surface area contributed by atoms with Crippen LogP contribution in [-0.4, -0.2) is 119 Å². The zero-order valence-electron chi connectivity index (χ0n) is 22.3. The second kappa shape index (κ2) is 11.8. The SMILES string of the molecule is C[C@@H]1O[C@@H](OC[C@H]2O[C@@H](O)[C@H](O)[C@@H](O)[C@@H]2O)[C@H](O)[C@H](O)[C@H]1Oc1c(-c2ccc(O)c(O)c2)oc2cc(O)cc(O)c2c1=O. The predicted octanol–water partition coefficient (Wildman–Crippen LogP) is -1.69. The molecule has 0 saturated carbocycles. The highest BCUT2D eigenvalue weighted by atomic mass is 16.7. The molecule has 0 bridgehead atoms. The van der Waals surface area contributed by atoms with Crippen LogP contribution in [0.3, 0.4) is 0 Å². The van der Waals surface area contributed by atoms with Gasteiger partial charge >= 0.3 is 0 Å². The van der Waals surface area contributed by atoms with Gasteiger partial charge in [0.05, 0.1) is 12.7 Å². The first kappa shape index (κ1) is 30.7. The van der Waals surface area contributed by atoms with Gasteiger partial charge in [0.25, 0.3) is 0 Å².